The quantitative estimate of drug-likeness (QED) is 0.447. The molecule has 96 valence electrons. The topological polar surface area (TPSA) is 96.5 Å². The van der Waals surface area contributed by atoms with Crippen molar-refractivity contribution in [3.05, 3.63) is 46.1 Å². The summed E-state index contributed by atoms with van der Waals surface area (Å²) in [4.78, 5) is 1.29. The molecule has 1 aliphatic heterocycles. The van der Waals surface area contributed by atoms with Gasteiger partial charge in [0, 0.05) is 30.0 Å². The van der Waals surface area contributed by atoms with Crippen molar-refractivity contribution in [3.63, 3.8) is 0 Å². The minimum atomic E-state index is -0.479. The Bertz CT molecular complexity index is 472. The lowest BCUT2D eigenvalue weighted by Gasteiger charge is -2.17. The molecule has 7 heteroatoms. The van der Waals surface area contributed by atoms with Gasteiger partial charge in [0.1, 0.15) is 5.76 Å². The summed E-state index contributed by atoms with van der Waals surface area (Å²) in [7, 11) is 0. The van der Waals surface area contributed by atoms with Crippen molar-refractivity contribution in [2.45, 2.75) is 0 Å². The molecule has 0 atom stereocenters. The van der Waals surface area contributed by atoms with E-state index in [4.69, 9.17) is 5.41 Å². The third-order valence-electron chi connectivity index (χ3n) is 2.64. The smallest absolute Gasteiger partial charge is 0.222 e. The molecule has 0 bridgehead atoms. The van der Waals surface area contributed by atoms with Crippen LogP contribution in [0.25, 0.3) is 0 Å². The molecule has 0 spiro atoms. The van der Waals surface area contributed by atoms with E-state index in [1.54, 1.807) is 4.90 Å². The summed E-state index contributed by atoms with van der Waals surface area (Å²) in [6.07, 6.45) is 5.74. The van der Waals surface area contributed by atoms with Crippen LogP contribution >= 0.6 is 11.8 Å². The molecule has 0 amide bonds. The summed E-state index contributed by atoms with van der Waals surface area (Å²) in [5.74, 6) is 0.976. The first-order valence-corrected chi connectivity index (χ1v) is 6.32. The van der Waals surface area contributed by atoms with Crippen LogP contribution in [0.2, 0.25) is 0 Å². The van der Waals surface area contributed by atoms with E-state index < -0.39 is 4.90 Å². The van der Waals surface area contributed by atoms with Gasteiger partial charge in [-0.15, -0.1) is 0 Å². The molecule has 0 unspecified atom stereocenters. The Hall–Kier alpha value is -1.89. The average molecular weight is 266 g/mol. The molecule has 2 rings (SSSR count). The minimum Gasteiger partial charge on any atom is -0.612 e. The van der Waals surface area contributed by atoms with Gasteiger partial charge in [0.15, 0.2) is 5.17 Å². The monoisotopic (exact) mass is 266 g/mol. The Morgan fingerprint density at radius 3 is 2.56 bits per heavy atom. The van der Waals surface area contributed by atoms with Crippen molar-refractivity contribution in [3.8, 4) is 0 Å². The maximum atomic E-state index is 10.5. The molecule has 1 saturated heterocycles. The number of hydrogen-bond donors (Lipinski definition) is 2. The molecule has 2 N–H and O–H groups in total. The second-order valence-corrected chi connectivity index (χ2v) is 4.91. The van der Waals surface area contributed by atoms with E-state index in [2.05, 4.69) is 0 Å². The van der Waals surface area contributed by atoms with E-state index in [-0.39, 0.29) is 18.0 Å². The van der Waals surface area contributed by atoms with Gasteiger partial charge < -0.3 is 20.4 Å². The number of rotatable bonds is 2. The summed E-state index contributed by atoms with van der Waals surface area (Å²) in [6.45, 7) is 1.00. The minimum absolute atomic E-state index is 0.00368. The lowest BCUT2D eigenvalue weighted by Crippen LogP contribution is -2.26. The van der Waals surface area contributed by atoms with Crippen molar-refractivity contribution in [1.29, 1.82) is 5.41 Å². The predicted octanol–water partition coefficient (Wildman–Crippen LogP) is 1.36. The molecule has 0 aromatic carbocycles. The third-order valence-corrected chi connectivity index (χ3v) is 3.56. The highest BCUT2D eigenvalue weighted by Gasteiger charge is 2.19. The number of aliphatic hydroxyl groups excluding tert-OH is 1. The lowest BCUT2D eigenvalue weighted by atomic mass is 10.1. The van der Waals surface area contributed by atoms with E-state index in [1.807, 2.05) is 0 Å². The van der Waals surface area contributed by atoms with Gasteiger partial charge in [-0.05, 0) is 12.2 Å². The molecule has 6 nitrogen and oxygen atoms in total. The average Bonchev–Trinajstić information content (AvgIpc) is 2.75. The van der Waals surface area contributed by atoms with Gasteiger partial charge in [0.2, 0.25) is 5.71 Å². The van der Waals surface area contributed by atoms with Crippen LogP contribution in [0.5, 0.6) is 0 Å². The van der Waals surface area contributed by atoms with Crippen molar-refractivity contribution >= 4 is 22.6 Å². The van der Waals surface area contributed by atoms with Gasteiger partial charge in [-0.3, -0.25) is 5.41 Å². The normalized spacial score (nSPS) is 18.7. The molecule has 1 aliphatic carbocycles. The fourth-order valence-electron chi connectivity index (χ4n) is 1.64. The van der Waals surface area contributed by atoms with Crippen molar-refractivity contribution in [2.75, 3.05) is 18.8 Å². The molecular formula is C11H12N3O3S-. The summed E-state index contributed by atoms with van der Waals surface area (Å²) < 4.78 is 0. The van der Waals surface area contributed by atoms with Crippen LogP contribution in [0, 0.1) is 15.8 Å². The van der Waals surface area contributed by atoms with Gasteiger partial charge in [-0.1, -0.05) is 11.8 Å². The molecule has 0 saturated carbocycles. The number of nitrogens with zero attached hydrogens (tertiary/aromatic N) is 2. The third kappa shape index (κ3) is 2.67. The lowest BCUT2D eigenvalue weighted by molar-refractivity contribution is -0.377. The molecule has 0 aromatic heterocycles. The van der Waals surface area contributed by atoms with Gasteiger partial charge in [-0.2, -0.15) is 4.90 Å². The molecule has 0 radical (unpaired) electrons. The molecule has 2 aliphatic rings. The van der Waals surface area contributed by atoms with E-state index in [9.17, 15) is 15.5 Å². The molecule has 1 fully saturated rings. The first-order valence-electron chi connectivity index (χ1n) is 5.34. The standard InChI is InChI=1S/C11H12N3O3S/c12-11-13(5-6-18-11)7-10(15)8-1-3-9(4-2-8)14(16)17/h1-4,12H,5-7H2,(H-,15,16,17)/q-1. The predicted molar refractivity (Wildman–Crippen MR) is 71.7 cm³/mol. The SMILES string of the molecule is N=C1SCCN1CC(O)=C1C=CC(=[N+]([O-])[O-])C=C1. The van der Waals surface area contributed by atoms with Crippen LogP contribution in [0.4, 0.5) is 0 Å². The molecule has 0 aromatic rings. The largest absolute Gasteiger partial charge is 0.612 e. The first-order chi connectivity index (χ1) is 8.58. The summed E-state index contributed by atoms with van der Waals surface area (Å²) >= 11 is 1.44. The van der Waals surface area contributed by atoms with E-state index in [0.717, 1.165) is 12.3 Å². The Labute approximate surface area is 108 Å². The molecule has 1 heterocycles. The Morgan fingerprint density at radius 1 is 1.39 bits per heavy atom. The highest BCUT2D eigenvalue weighted by Crippen LogP contribution is 2.19. The zero-order chi connectivity index (χ0) is 13.1. The number of amidine groups is 1. The fraction of sp³-hybridized carbons (Fsp3) is 0.273. The van der Waals surface area contributed by atoms with Crippen LogP contribution in [0.1, 0.15) is 0 Å². The van der Waals surface area contributed by atoms with Gasteiger partial charge in [0.25, 0.3) is 0 Å². The maximum absolute atomic E-state index is 10.5. The number of nitrogens with one attached hydrogen (secondary N) is 1. The number of allylic oxidation sites excluding steroid dienone is 5. The van der Waals surface area contributed by atoms with Crippen LogP contribution in [-0.2, 0) is 0 Å². The van der Waals surface area contributed by atoms with Crippen LogP contribution in [0.15, 0.2) is 35.6 Å². The van der Waals surface area contributed by atoms with Crippen LogP contribution in [-0.4, -0.2) is 44.6 Å². The Kier molecular flexibility index (Phi) is 3.61. The highest BCUT2D eigenvalue weighted by molar-refractivity contribution is 8.14. The fourth-order valence-corrected chi connectivity index (χ4v) is 2.49. The second kappa shape index (κ2) is 5.18. The first kappa shape index (κ1) is 12.6. The van der Waals surface area contributed by atoms with E-state index in [0.29, 0.717) is 10.7 Å². The Morgan fingerprint density at radius 2 is 2.06 bits per heavy atom. The number of hydrogen-bond acceptors (Lipinski definition) is 5. The van der Waals surface area contributed by atoms with Gasteiger partial charge >= 0.3 is 0 Å². The summed E-state index contributed by atoms with van der Waals surface area (Å²) in [5, 5.41) is 39.0. The number of thioether (sulfide) groups is 1. The summed E-state index contributed by atoms with van der Waals surface area (Å²) in [6, 6.07) is 0. The van der Waals surface area contributed by atoms with Gasteiger partial charge in [-0.25, -0.2) is 0 Å². The zero-order valence-corrected chi connectivity index (χ0v) is 10.3. The van der Waals surface area contributed by atoms with E-state index in [1.165, 1.54) is 36.1 Å². The molecule has 18 heavy (non-hydrogen) atoms. The van der Waals surface area contributed by atoms with Crippen LogP contribution in [0.3, 0.4) is 0 Å². The van der Waals surface area contributed by atoms with Crippen molar-refractivity contribution in [1.82, 2.24) is 4.90 Å². The van der Waals surface area contributed by atoms with Gasteiger partial charge in [0.05, 0.1) is 6.54 Å². The highest BCUT2D eigenvalue weighted by atomic mass is 32.2. The zero-order valence-electron chi connectivity index (χ0n) is 9.50. The number of aliphatic hydroxyl groups is 1. The maximum Gasteiger partial charge on any atom is 0.222 e. The van der Waals surface area contributed by atoms with Crippen molar-refractivity contribution in [2.24, 2.45) is 0 Å². The van der Waals surface area contributed by atoms with Crippen molar-refractivity contribution < 1.29 is 10.0 Å². The molecular weight excluding hydrogens is 254 g/mol. The summed E-state index contributed by atoms with van der Waals surface area (Å²) in [5.41, 5.74) is 0.543. The second-order valence-electron chi connectivity index (χ2n) is 3.83. The Balaban J connectivity index is 2.09. The van der Waals surface area contributed by atoms with Crippen LogP contribution < -0.4 is 0 Å². The van der Waals surface area contributed by atoms with E-state index >= 15 is 0 Å².